The maximum Gasteiger partial charge on any atom is 0.0449 e. The van der Waals surface area contributed by atoms with Crippen LogP contribution in [0.1, 0.15) is 32.3 Å². The van der Waals surface area contributed by atoms with Crippen molar-refractivity contribution >= 4 is 17.3 Å². The summed E-state index contributed by atoms with van der Waals surface area (Å²) in [7, 11) is 2.12. The highest BCUT2D eigenvalue weighted by Gasteiger charge is 2.46. The summed E-state index contributed by atoms with van der Waals surface area (Å²) in [6.07, 6.45) is 2.28. The molecule has 0 aromatic heterocycles. The standard InChI is InChI=1S/C17H23ClN2/c1-12(2)20-9-7-17(8-10-20)13(3)19(4)16-6-5-14(18)11-15(16)17/h5-6,11-12H,3,7-10H2,1-2,4H3. The van der Waals surface area contributed by atoms with Gasteiger partial charge in [-0.1, -0.05) is 18.2 Å². The molecule has 0 aliphatic carbocycles. The van der Waals surface area contributed by atoms with Crippen LogP contribution in [-0.2, 0) is 5.41 Å². The zero-order valence-electron chi connectivity index (χ0n) is 12.6. The number of hydrogen-bond acceptors (Lipinski definition) is 2. The van der Waals surface area contributed by atoms with Crippen LogP contribution in [0.3, 0.4) is 0 Å². The highest BCUT2D eigenvalue weighted by atomic mass is 35.5. The molecule has 2 nitrogen and oxygen atoms in total. The molecule has 3 heteroatoms. The third kappa shape index (κ3) is 1.89. The number of nitrogens with zero attached hydrogens (tertiary/aromatic N) is 2. The number of piperidine rings is 1. The Morgan fingerprint density at radius 3 is 2.50 bits per heavy atom. The van der Waals surface area contributed by atoms with Crippen molar-refractivity contribution in [3.05, 3.63) is 41.1 Å². The molecule has 2 aliphatic rings. The van der Waals surface area contributed by atoms with Crippen molar-refractivity contribution < 1.29 is 0 Å². The summed E-state index contributed by atoms with van der Waals surface area (Å²) < 4.78 is 0. The summed E-state index contributed by atoms with van der Waals surface area (Å²) in [4.78, 5) is 4.80. The van der Waals surface area contributed by atoms with E-state index in [9.17, 15) is 0 Å². The van der Waals surface area contributed by atoms with Crippen molar-refractivity contribution in [3.63, 3.8) is 0 Å². The molecule has 0 atom stereocenters. The third-order valence-electron chi connectivity index (χ3n) is 5.17. The summed E-state index contributed by atoms with van der Waals surface area (Å²) in [5, 5.41) is 0.831. The van der Waals surface area contributed by atoms with E-state index in [1.807, 2.05) is 6.07 Å². The molecule has 2 heterocycles. The fraction of sp³-hybridized carbons (Fsp3) is 0.529. The second-order valence-corrected chi connectivity index (χ2v) is 6.82. The number of anilines is 1. The van der Waals surface area contributed by atoms with Crippen LogP contribution in [-0.4, -0.2) is 31.1 Å². The lowest BCUT2D eigenvalue weighted by Crippen LogP contribution is -2.45. The first-order chi connectivity index (χ1) is 9.45. The Kier molecular flexibility index (Phi) is 3.34. The molecule has 1 spiro atoms. The van der Waals surface area contributed by atoms with E-state index in [0.29, 0.717) is 6.04 Å². The number of fused-ring (bicyclic) bond motifs is 2. The summed E-state index contributed by atoms with van der Waals surface area (Å²) in [5.41, 5.74) is 3.98. The van der Waals surface area contributed by atoms with Crippen LogP contribution in [0.4, 0.5) is 5.69 Å². The Hall–Kier alpha value is -0.990. The molecule has 0 radical (unpaired) electrons. The third-order valence-corrected chi connectivity index (χ3v) is 5.41. The van der Waals surface area contributed by atoms with Gasteiger partial charge in [0.1, 0.15) is 0 Å². The molecule has 0 bridgehead atoms. The largest absolute Gasteiger partial charge is 0.348 e. The summed E-state index contributed by atoms with van der Waals surface area (Å²) in [6, 6.07) is 6.88. The van der Waals surface area contributed by atoms with E-state index < -0.39 is 0 Å². The molecule has 0 N–H and O–H groups in total. The summed E-state index contributed by atoms with van der Waals surface area (Å²) >= 11 is 6.24. The predicted molar refractivity (Wildman–Crippen MR) is 86.6 cm³/mol. The Morgan fingerprint density at radius 1 is 1.25 bits per heavy atom. The summed E-state index contributed by atoms with van der Waals surface area (Å²) in [6.45, 7) is 11.2. The molecule has 3 rings (SSSR count). The molecular formula is C17H23ClN2. The number of likely N-dealkylation sites (N-methyl/N-ethyl adjacent to an activating group) is 1. The van der Waals surface area contributed by atoms with Crippen molar-refractivity contribution in [2.45, 2.75) is 38.1 Å². The van der Waals surface area contributed by atoms with E-state index in [-0.39, 0.29) is 5.41 Å². The molecule has 1 saturated heterocycles. The van der Waals surface area contributed by atoms with Crippen LogP contribution in [0.25, 0.3) is 0 Å². The van der Waals surface area contributed by atoms with Gasteiger partial charge >= 0.3 is 0 Å². The minimum Gasteiger partial charge on any atom is -0.348 e. The minimum absolute atomic E-state index is 0.0976. The van der Waals surface area contributed by atoms with Crippen LogP contribution in [0.5, 0.6) is 0 Å². The zero-order valence-corrected chi connectivity index (χ0v) is 13.4. The van der Waals surface area contributed by atoms with Gasteiger partial charge in [0.15, 0.2) is 0 Å². The molecule has 0 saturated carbocycles. The molecule has 108 valence electrons. The Balaban J connectivity index is 1.99. The lowest BCUT2D eigenvalue weighted by atomic mass is 9.72. The molecule has 1 aromatic rings. The maximum absolute atomic E-state index is 6.24. The van der Waals surface area contributed by atoms with Crippen molar-refractivity contribution in [2.24, 2.45) is 0 Å². The van der Waals surface area contributed by atoms with E-state index in [4.69, 9.17) is 11.6 Å². The maximum atomic E-state index is 6.24. The zero-order chi connectivity index (χ0) is 14.5. The molecule has 1 fully saturated rings. The van der Waals surface area contributed by atoms with Crippen molar-refractivity contribution in [1.29, 1.82) is 0 Å². The van der Waals surface area contributed by atoms with Crippen molar-refractivity contribution in [3.8, 4) is 0 Å². The Bertz CT molecular complexity index is 542. The predicted octanol–water partition coefficient (Wildman–Crippen LogP) is 4.05. The lowest BCUT2D eigenvalue weighted by Gasteiger charge is -2.42. The highest BCUT2D eigenvalue weighted by molar-refractivity contribution is 6.30. The molecule has 20 heavy (non-hydrogen) atoms. The lowest BCUT2D eigenvalue weighted by molar-refractivity contribution is 0.146. The quantitative estimate of drug-likeness (QED) is 0.770. The van der Waals surface area contributed by atoms with Gasteiger partial charge in [-0.15, -0.1) is 0 Å². The van der Waals surface area contributed by atoms with Gasteiger partial charge < -0.3 is 9.80 Å². The second-order valence-electron chi connectivity index (χ2n) is 6.38. The van der Waals surface area contributed by atoms with E-state index in [1.54, 1.807) is 0 Å². The first-order valence-corrected chi connectivity index (χ1v) is 7.81. The van der Waals surface area contributed by atoms with Gasteiger partial charge in [-0.3, -0.25) is 0 Å². The van der Waals surface area contributed by atoms with Gasteiger partial charge in [0.25, 0.3) is 0 Å². The topological polar surface area (TPSA) is 6.48 Å². The highest BCUT2D eigenvalue weighted by Crippen LogP contribution is 2.52. The molecular weight excluding hydrogens is 268 g/mol. The smallest absolute Gasteiger partial charge is 0.0449 e. The van der Waals surface area contributed by atoms with Crippen molar-refractivity contribution in [2.75, 3.05) is 25.0 Å². The van der Waals surface area contributed by atoms with Gasteiger partial charge in [0.2, 0.25) is 0 Å². The van der Waals surface area contributed by atoms with E-state index in [1.165, 1.54) is 16.9 Å². The molecule has 0 unspecified atom stereocenters. The molecule has 0 amide bonds. The first kappa shape index (κ1) is 14.0. The van der Waals surface area contributed by atoms with Crippen LogP contribution in [0.2, 0.25) is 5.02 Å². The number of benzene rings is 1. The molecule has 2 aliphatic heterocycles. The fourth-order valence-corrected chi connectivity index (χ4v) is 3.96. The van der Waals surface area contributed by atoms with E-state index in [0.717, 1.165) is 31.0 Å². The fourth-order valence-electron chi connectivity index (χ4n) is 3.79. The minimum atomic E-state index is 0.0976. The van der Waals surface area contributed by atoms with Gasteiger partial charge in [-0.2, -0.15) is 0 Å². The molecule has 1 aromatic carbocycles. The monoisotopic (exact) mass is 290 g/mol. The number of hydrogen-bond donors (Lipinski definition) is 0. The van der Waals surface area contributed by atoms with E-state index >= 15 is 0 Å². The number of rotatable bonds is 1. The number of likely N-dealkylation sites (tertiary alicyclic amines) is 1. The van der Waals surface area contributed by atoms with E-state index in [2.05, 4.69) is 49.4 Å². The van der Waals surface area contributed by atoms with Gasteiger partial charge in [-0.05, 0) is 63.5 Å². The van der Waals surface area contributed by atoms with Crippen LogP contribution in [0, 0.1) is 0 Å². The second kappa shape index (κ2) is 4.78. The number of halogens is 1. The first-order valence-electron chi connectivity index (χ1n) is 7.43. The summed E-state index contributed by atoms with van der Waals surface area (Å²) in [5.74, 6) is 0. The normalized spacial score (nSPS) is 21.9. The number of allylic oxidation sites excluding steroid dienone is 1. The van der Waals surface area contributed by atoms with Crippen LogP contribution >= 0.6 is 11.6 Å². The van der Waals surface area contributed by atoms with Gasteiger partial charge in [0, 0.05) is 34.9 Å². The van der Waals surface area contributed by atoms with Crippen molar-refractivity contribution in [1.82, 2.24) is 4.90 Å². The van der Waals surface area contributed by atoms with Crippen LogP contribution in [0.15, 0.2) is 30.5 Å². The average Bonchev–Trinajstić information content (AvgIpc) is 2.62. The average molecular weight is 291 g/mol. The van der Waals surface area contributed by atoms with Gasteiger partial charge in [-0.25, -0.2) is 0 Å². The Morgan fingerprint density at radius 2 is 1.90 bits per heavy atom. The Labute approximate surface area is 127 Å². The van der Waals surface area contributed by atoms with Gasteiger partial charge in [0.05, 0.1) is 0 Å². The SMILES string of the molecule is C=C1N(C)c2ccc(Cl)cc2C12CCN(C(C)C)CC2. The van der Waals surface area contributed by atoms with Crippen LogP contribution < -0.4 is 4.90 Å².